The second kappa shape index (κ2) is 3.40. The third-order valence-corrected chi connectivity index (χ3v) is 2.74. The summed E-state index contributed by atoms with van der Waals surface area (Å²) in [4.78, 5) is 12.8. The average Bonchev–Trinajstić information content (AvgIpc) is 2.19. The number of benzene rings is 1. The van der Waals surface area contributed by atoms with Crippen LogP contribution in [0.4, 0.5) is 10.1 Å². The van der Waals surface area contributed by atoms with E-state index in [0.29, 0.717) is 0 Å². The Morgan fingerprint density at radius 2 is 2.36 bits per heavy atom. The number of fused-ring (bicyclic) bond motifs is 1. The normalized spacial score (nSPS) is 20.4. The van der Waals surface area contributed by atoms with Crippen molar-refractivity contribution in [3.8, 4) is 0 Å². The molecule has 74 valence electrons. The molecule has 3 heteroatoms. The van der Waals surface area contributed by atoms with Gasteiger partial charge in [-0.2, -0.15) is 0 Å². The molecule has 2 nitrogen and oxygen atoms in total. The van der Waals surface area contributed by atoms with Crippen molar-refractivity contribution in [3.63, 3.8) is 0 Å². The van der Waals surface area contributed by atoms with Crippen LogP contribution in [0.3, 0.4) is 0 Å². The highest BCUT2D eigenvalue weighted by Crippen LogP contribution is 2.33. The molecule has 1 aromatic rings. The van der Waals surface area contributed by atoms with Crippen LogP contribution in [0.2, 0.25) is 0 Å². The number of halogens is 1. The summed E-state index contributed by atoms with van der Waals surface area (Å²) in [5.74, 6) is -0.316. The summed E-state index contributed by atoms with van der Waals surface area (Å²) in [6, 6.07) is 4.61. The molecule has 0 bridgehead atoms. The molecule has 0 aromatic heterocycles. The van der Waals surface area contributed by atoms with Crippen molar-refractivity contribution >= 4 is 12.0 Å². The number of hydrogen-bond donors (Lipinski definition) is 0. The first-order valence-electron chi connectivity index (χ1n) is 4.68. The summed E-state index contributed by atoms with van der Waals surface area (Å²) in [5, 5.41) is 0. The van der Waals surface area contributed by atoms with Gasteiger partial charge in [0, 0.05) is 25.2 Å². The molecule has 0 aliphatic carbocycles. The van der Waals surface area contributed by atoms with Gasteiger partial charge in [-0.3, -0.25) is 0 Å². The fourth-order valence-electron chi connectivity index (χ4n) is 1.91. The van der Waals surface area contributed by atoms with E-state index in [1.165, 1.54) is 12.1 Å². The van der Waals surface area contributed by atoms with Crippen molar-refractivity contribution < 1.29 is 9.18 Å². The van der Waals surface area contributed by atoms with Crippen LogP contribution in [0.1, 0.15) is 17.9 Å². The van der Waals surface area contributed by atoms with Crippen LogP contribution < -0.4 is 4.90 Å². The number of anilines is 1. The molecular weight excluding hydrogens is 181 g/mol. The van der Waals surface area contributed by atoms with Gasteiger partial charge in [-0.15, -0.1) is 0 Å². The van der Waals surface area contributed by atoms with Crippen molar-refractivity contribution in [1.29, 1.82) is 0 Å². The van der Waals surface area contributed by atoms with Crippen molar-refractivity contribution in [2.45, 2.75) is 12.3 Å². The van der Waals surface area contributed by atoms with Gasteiger partial charge in [-0.05, 0) is 24.1 Å². The highest BCUT2D eigenvalue weighted by Gasteiger charge is 2.22. The first kappa shape index (κ1) is 9.19. The van der Waals surface area contributed by atoms with Crippen LogP contribution >= 0.6 is 0 Å². The van der Waals surface area contributed by atoms with Gasteiger partial charge < -0.3 is 9.69 Å². The minimum absolute atomic E-state index is 0.0678. The lowest BCUT2D eigenvalue weighted by Gasteiger charge is -2.30. The summed E-state index contributed by atoms with van der Waals surface area (Å²) in [6.07, 6.45) is 1.77. The van der Waals surface area contributed by atoms with E-state index in [2.05, 4.69) is 0 Å². The smallest absolute Gasteiger partial charge is 0.127 e. The van der Waals surface area contributed by atoms with Gasteiger partial charge in [0.05, 0.1) is 0 Å². The van der Waals surface area contributed by atoms with Gasteiger partial charge in [0.2, 0.25) is 0 Å². The molecule has 0 amide bonds. The molecular formula is C11H12FNO. The van der Waals surface area contributed by atoms with Crippen LogP contribution in [0.15, 0.2) is 18.2 Å². The lowest BCUT2D eigenvalue weighted by Crippen LogP contribution is -2.27. The highest BCUT2D eigenvalue weighted by molar-refractivity contribution is 5.70. The quantitative estimate of drug-likeness (QED) is 0.635. The Bertz CT molecular complexity index is 364. The van der Waals surface area contributed by atoms with Gasteiger partial charge in [-0.1, -0.05) is 6.07 Å². The Morgan fingerprint density at radius 1 is 1.57 bits per heavy atom. The van der Waals surface area contributed by atoms with E-state index in [0.717, 1.165) is 30.5 Å². The molecule has 1 unspecified atom stereocenters. The van der Waals surface area contributed by atoms with Crippen molar-refractivity contribution in [2.24, 2.45) is 0 Å². The summed E-state index contributed by atoms with van der Waals surface area (Å²) < 4.78 is 13.0. The minimum Gasteiger partial charge on any atom is -0.374 e. The lowest BCUT2D eigenvalue weighted by atomic mass is 9.91. The van der Waals surface area contributed by atoms with E-state index in [1.807, 2.05) is 11.9 Å². The number of carbonyl (C=O) groups excluding carboxylic acids is 1. The van der Waals surface area contributed by atoms with E-state index in [9.17, 15) is 9.18 Å². The molecule has 0 fully saturated rings. The molecule has 1 aliphatic heterocycles. The lowest BCUT2D eigenvalue weighted by molar-refractivity contribution is -0.109. The van der Waals surface area contributed by atoms with Crippen LogP contribution in [0.5, 0.6) is 0 Å². The van der Waals surface area contributed by atoms with Gasteiger partial charge in [-0.25, -0.2) is 4.39 Å². The first-order valence-corrected chi connectivity index (χ1v) is 4.68. The predicted molar refractivity (Wildman–Crippen MR) is 53.1 cm³/mol. The molecule has 0 saturated heterocycles. The van der Waals surface area contributed by atoms with Crippen LogP contribution in [0, 0.1) is 5.82 Å². The Balaban J connectivity index is 2.50. The molecule has 0 N–H and O–H groups in total. The zero-order valence-corrected chi connectivity index (χ0v) is 8.03. The second-order valence-corrected chi connectivity index (χ2v) is 3.66. The minimum atomic E-state index is -0.248. The van der Waals surface area contributed by atoms with E-state index >= 15 is 0 Å². The fourth-order valence-corrected chi connectivity index (χ4v) is 1.91. The Labute approximate surface area is 82.3 Å². The van der Waals surface area contributed by atoms with Crippen molar-refractivity contribution in [2.75, 3.05) is 18.5 Å². The van der Waals surface area contributed by atoms with E-state index in [4.69, 9.17) is 0 Å². The van der Waals surface area contributed by atoms with E-state index < -0.39 is 0 Å². The standard InChI is InChI=1S/C11H12FNO/c1-13-5-4-8(7-14)10-3-2-9(12)6-11(10)13/h2-3,6-8H,4-5H2,1H3. The van der Waals surface area contributed by atoms with Gasteiger partial charge >= 0.3 is 0 Å². The summed E-state index contributed by atoms with van der Waals surface area (Å²) in [6.45, 7) is 0.805. The van der Waals surface area contributed by atoms with Crippen molar-refractivity contribution in [3.05, 3.63) is 29.6 Å². The third-order valence-electron chi connectivity index (χ3n) is 2.74. The number of nitrogens with zero attached hydrogens (tertiary/aromatic N) is 1. The summed E-state index contributed by atoms with van der Waals surface area (Å²) in [7, 11) is 1.92. The highest BCUT2D eigenvalue weighted by atomic mass is 19.1. The van der Waals surface area contributed by atoms with Gasteiger partial charge in [0.25, 0.3) is 0 Å². The Morgan fingerprint density at radius 3 is 3.07 bits per heavy atom. The largest absolute Gasteiger partial charge is 0.374 e. The molecule has 1 aromatic carbocycles. The summed E-state index contributed by atoms with van der Waals surface area (Å²) in [5.41, 5.74) is 1.78. The topological polar surface area (TPSA) is 20.3 Å². The van der Waals surface area contributed by atoms with Gasteiger partial charge in [0.15, 0.2) is 0 Å². The van der Waals surface area contributed by atoms with Crippen LogP contribution in [-0.2, 0) is 4.79 Å². The SMILES string of the molecule is CN1CCC(C=O)c2ccc(F)cc21. The Kier molecular flexibility index (Phi) is 2.23. The second-order valence-electron chi connectivity index (χ2n) is 3.66. The Hall–Kier alpha value is -1.38. The van der Waals surface area contributed by atoms with E-state index in [1.54, 1.807) is 6.07 Å². The zero-order valence-electron chi connectivity index (χ0n) is 8.03. The monoisotopic (exact) mass is 193 g/mol. The maximum atomic E-state index is 13.0. The molecule has 0 saturated carbocycles. The maximum Gasteiger partial charge on any atom is 0.127 e. The zero-order chi connectivity index (χ0) is 10.1. The molecule has 14 heavy (non-hydrogen) atoms. The molecule has 0 spiro atoms. The first-order chi connectivity index (χ1) is 6.72. The van der Waals surface area contributed by atoms with Gasteiger partial charge in [0.1, 0.15) is 12.1 Å². The molecule has 1 atom stereocenters. The molecule has 1 heterocycles. The number of rotatable bonds is 1. The summed E-state index contributed by atoms with van der Waals surface area (Å²) >= 11 is 0. The number of hydrogen-bond acceptors (Lipinski definition) is 2. The molecule has 2 rings (SSSR count). The van der Waals surface area contributed by atoms with Crippen LogP contribution in [-0.4, -0.2) is 19.9 Å². The number of aldehydes is 1. The maximum absolute atomic E-state index is 13.0. The molecule has 1 aliphatic rings. The average molecular weight is 193 g/mol. The number of carbonyl (C=O) groups is 1. The molecule has 0 radical (unpaired) electrons. The third kappa shape index (κ3) is 1.39. The van der Waals surface area contributed by atoms with Crippen molar-refractivity contribution in [1.82, 2.24) is 0 Å². The predicted octanol–water partition coefficient (Wildman–Crippen LogP) is 1.95. The van der Waals surface area contributed by atoms with E-state index in [-0.39, 0.29) is 11.7 Å². The fraction of sp³-hybridized carbons (Fsp3) is 0.364. The van der Waals surface area contributed by atoms with Crippen LogP contribution in [0.25, 0.3) is 0 Å².